The molecule has 1 fully saturated rings. The summed E-state index contributed by atoms with van der Waals surface area (Å²) >= 11 is 0. The van der Waals surface area contributed by atoms with E-state index in [1.807, 2.05) is 0 Å². The molecule has 1 aliphatic rings. The zero-order valence-corrected chi connectivity index (χ0v) is 3.64. The quantitative estimate of drug-likeness (QED) is 0.475. The lowest BCUT2D eigenvalue weighted by Crippen LogP contribution is -2.18. The summed E-state index contributed by atoms with van der Waals surface area (Å²) in [5.74, 6) is 0. The fourth-order valence-corrected chi connectivity index (χ4v) is 0.344. The zero-order valence-electron chi connectivity index (χ0n) is 3.64. The van der Waals surface area contributed by atoms with Crippen molar-refractivity contribution in [2.24, 2.45) is 0 Å². The molecule has 0 aliphatic carbocycles. The van der Waals surface area contributed by atoms with Gasteiger partial charge in [-0.3, -0.25) is 0 Å². The number of aliphatic hydroxyl groups is 1. The SMILES string of the molecule is O[C@H]1OC1C(F)(F)F. The van der Waals surface area contributed by atoms with Crippen LogP contribution in [-0.4, -0.2) is 23.7 Å². The van der Waals surface area contributed by atoms with Gasteiger partial charge in [-0.1, -0.05) is 0 Å². The molecule has 1 aliphatic heterocycles. The Balaban J connectivity index is 2.39. The second kappa shape index (κ2) is 1.35. The highest BCUT2D eigenvalue weighted by Gasteiger charge is 2.57. The molecule has 0 saturated carbocycles. The Morgan fingerprint density at radius 2 is 1.75 bits per heavy atom. The summed E-state index contributed by atoms with van der Waals surface area (Å²) < 4.78 is 37.3. The van der Waals surface area contributed by atoms with Crippen LogP contribution >= 0.6 is 0 Å². The van der Waals surface area contributed by atoms with E-state index >= 15 is 0 Å². The molecule has 0 amide bonds. The first kappa shape index (κ1) is 5.84. The summed E-state index contributed by atoms with van der Waals surface area (Å²) in [7, 11) is 0. The van der Waals surface area contributed by atoms with Crippen molar-refractivity contribution >= 4 is 0 Å². The van der Waals surface area contributed by atoms with Gasteiger partial charge in [0.15, 0.2) is 6.29 Å². The highest BCUT2D eigenvalue weighted by molar-refractivity contribution is 4.82. The first-order valence-electron chi connectivity index (χ1n) is 1.92. The average Bonchev–Trinajstić information content (AvgIpc) is 2.13. The van der Waals surface area contributed by atoms with Crippen LogP contribution in [0.4, 0.5) is 13.2 Å². The molecule has 1 unspecified atom stereocenters. The minimum atomic E-state index is -4.39. The molecule has 0 bridgehead atoms. The van der Waals surface area contributed by atoms with Crippen molar-refractivity contribution in [2.75, 3.05) is 0 Å². The Labute approximate surface area is 42.9 Å². The Morgan fingerprint density at radius 1 is 1.38 bits per heavy atom. The van der Waals surface area contributed by atoms with Crippen molar-refractivity contribution in [1.29, 1.82) is 0 Å². The fourth-order valence-electron chi connectivity index (χ4n) is 0.344. The van der Waals surface area contributed by atoms with E-state index < -0.39 is 18.6 Å². The normalized spacial score (nSPS) is 37.5. The second-order valence-electron chi connectivity index (χ2n) is 1.49. The monoisotopic (exact) mass is 128 g/mol. The van der Waals surface area contributed by atoms with Crippen molar-refractivity contribution in [2.45, 2.75) is 18.6 Å². The topological polar surface area (TPSA) is 32.8 Å². The van der Waals surface area contributed by atoms with E-state index in [0.29, 0.717) is 0 Å². The smallest absolute Gasteiger partial charge is 0.366 e. The highest BCUT2D eigenvalue weighted by Crippen LogP contribution is 2.35. The van der Waals surface area contributed by atoms with Crippen LogP contribution in [0.5, 0.6) is 0 Å². The second-order valence-corrected chi connectivity index (χ2v) is 1.49. The maximum Gasteiger partial charge on any atom is 0.419 e. The first-order chi connectivity index (χ1) is 3.52. The number of rotatable bonds is 0. The third-order valence-electron chi connectivity index (χ3n) is 0.791. The van der Waals surface area contributed by atoms with Crippen molar-refractivity contribution < 1.29 is 23.0 Å². The van der Waals surface area contributed by atoms with Crippen molar-refractivity contribution in [3.63, 3.8) is 0 Å². The van der Waals surface area contributed by atoms with E-state index in [1.165, 1.54) is 0 Å². The molecule has 48 valence electrons. The summed E-state index contributed by atoms with van der Waals surface area (Å²) in [4.78, 5) is 0. The molecule has 2 nitrogen and oxygen atoms in total. The molecular weight excluding hydrogens is 125 g/mol. The molecule has 8 heavy (non-hydrogen) atoms. The lowest BCUT2D eigenvalue weighted by atomic mass is 10.4. The number of ether oxygens (including phenoxy) is 1. The Bertz CT molecular complexity index is 99.2. The minimum absolute atomic E-state index is 1.62. The summed E-state index contributed by atoms with van der Waals surface area (Å²) in [6.07, 6.45) is -7.93. The van der Waals surface area contributed by atoms with Crippen LogP contribution in [0, 0.1) is 0 Å². The van der Waals surface area contributed by atoms with E-state index in [0.717, 1.165) is 0 Å². The highest BCUT2D eigenvalue weighted by atomic mass is 19.4. The van der Waals surface area contributed by atoms with E-state index in [4.69, 9.17) is 5.11 Å². The largest absolute Gasteiger partial charge is 0.419 e. The molecule has 2 atom stereocenters. The van der Waals surface area contributed by atoms with Gasteiger partial charge in [-0.05, 0) is 0 Å². The van der Waals surface area contributed by atoms with E-state index in [-0.39, 0.29) is 0 Å². The number of hydrogen-bond acceptors (Lipinski definition) is 2. The van der Waals surface area contributed by atoms with Gasteiger partial charge in [0.05, 0.1) is 0 Å². The van der Waals surface area contributed by atoms with Crippen LogP contribution < -0.4 is 0 Å². The fraction of sp³-hybridized carbons (Fsp3) is 1.00. The van der Waals surface area contributed by atoms with Crippen molar-refractivity contribution in [1.82, 2.24) is 0 Å². The Morgan fingerprint density at radius 3 is 1.75 bits per heavy atom. The zero-order chi connectivity index (χ0) is 6.36. The van der Waals surface area contributed by atoms with Gasteiger partial charge in [0, 0.05) is 0 Å². The predicted molar refractivity (Wildman–Crippen MR) is 16.9 cm³/mol. The molecule has 0 radical (unpaired) electrons. The first-order valence-corrected chi connectivity index (χ1v) is 1.92. The molecule has 1 saturated heterocycles. The van der Waals surface area contributed by atoms with Gasteiger partial charge in [0.25, 0.3) is 0 Å². The number of halogens is 3. The van der Waals surface area contributed by atoms with Crippen LogP contribution in [0.1, 0.15) is 0 Å². The van der Waals surface area contributed by atoms with Crippen LogP contribution in [0.2, 0.25) is 0 Å². The Hall–Kier alpha value is -0.290. The standard InChI is InChI=1S/C3H3F3O2/c4-3(5,6)1-2(7)8-1/h1-2,7H/t1?,2-/m0/s1. The van der Waals surface area contributed by atoms with Crippen molar-refractivity contribution in [3.8, 4) is 0 Å². The van der Waals surface area contributed by atoms with Gasteiger partial charge in [0.2, 0.25) is 6.10 Å². The lowest BCUT2D eigenvalue weighted by molar-refractivity contribution is -0.147. The van der Waals surface area contributed by atoms with Crippen LogP contribution in [0.3, 0.4) is 0 Å². The molecule has 0 aromatic heterocycles. The van der Waals surface area contributed by atoms with E-state index in [9.17, 15) is 13.2 Å². The summed E-state index contributed by atoms with van der Waals surface area (Å²) in [5.41, 5.74) is 0. The molecule has 1 rings (SSSR count). The molecule has 5 heteroatoms. The van der Waals surface area contributed by atoms with Gasteiger partial charge >= 0.3 is 6.18 Å². The maximum atomic E-state index is 11.2. The van der Waals surface area contributed by atoms with E-state index in [2.05, 4.69) is 4.74 Å². The van der Waals surface area contributed by atoms with E-state index in [1.54, 1.807) is 0 Å². The molecule has 1 N–H and O–H groups in total. The average molecular weight is 128 g/mol. The summed E-state index contributed by atoms with van der Waals surface area (Å²) in [5, 5.41) is 8.02. The van der Waals surface area contributed by atoms with Crippen LogP contribution in [0.15, 0.2) is 0 Å². The lowest BCUT2D eigenvalue weighted by Gasteiger charge is -1.96. The van der Waals surface area contributed by atoms with Crippen LogP contribution in [-0.2, 0) is 4.74 Å². The Kier molecular flexibility index (Phi) is 0.989. The number of aliphatic hydroxyl groups excluding tert-OH is 1. The molecule has 0 aromatic carbocycles. The van der Waals surface area contributed by atoms with Crippen molar-refractivity contribution in [3.05, 3.63) is 0 Å². The predicted octanol–water partition coefficient (Wildman–Crippen LogP) is 0.266. The van der Waals surface area contributed by atoms with Gasteiger partial charge in [-0.25, -0.2) is 0 Å². The minimum Gasteiger partial charge on any atom is -0.366 e. The molecule has 0 aromatic rings. The van der Waals surface area contributed by atoms with Gasteiger partial charge in [-0.2, -0.15) is 13.2 Å². The summed E-state index contributed by atoms with van der Waals surface area (Å²) in [6.45, 7) is 0. The maximum absolute atomic E-state index is 11.2. The van der Waals surface area contributed by atoms with Gasteiger partial charge in [0.1, 0.15) is 0 Å². The number of alkyl halides is 3. The molecule has 0 spiro atoms. The van der Waals surface area contributed by atoms with Crippen LogP contribution in [0.25, 0.3) is 0 Å². The number of hydrogen-bond donors (Lipinski definition) is 1. The number of epoxide rings is 1. The third-order valence-corrected chi connectivity index (χ3v) is 0.791. The third kappa shape index (κ3) is 0.924. The van der Waals surface area contributed by atoms with Gasteiger partial charge < -0.3 is 9.84 Å². The molecular formula is C3H3F3O2. The van der Waals surface area contributed by atoms with Gasteiger partial charge in [-0.15, -0.1) is 0 Å². The summed E-state index contributed by atoms with van der Waals surface area (Å²) in [6, 6.07) is 0. The molecule has 1 heterocycles.